The topological polar surface area (TPSA) is 142 Å². The minimum atomic E-state index is -4.07. The first-order valence-corrected chi connectivity index (χ1v) is 7.12. The first kappa shape index (κ1) is 16.7. The fourth-order valence-electron chi connectivity index (χ4n) is 1.47. The molecule has 1 rings (SSSR count). The first-order chi connectivity index (χ1) is 9.34. The number of hydrogen-bond donors (Lipinski definition) is 5. The number of ether oxygens (including phenoxy) is 1. The lowest BCUT2D eigenvalue weighted by Gasteiger charge is -2.28. The Kier molecular flexibility index (Phi) is 5.31. The molecule has 6 N–H and O–H groups in total. The number of aliphatic hydroxyl groups excluding tert-OH is 3. The number of sulfonamides is 1. The van der Waals surface area contributed by atoms with Crippen molar-refractivity contribution in [2.45, 2.75) is 10.4 Å². The number of aliphatic hydroxyl groups is 3. The number of anilines is 1. The van der Waals surface area contributed by atoms with Gasteiger partial charge in [-0.1, -0.05) is 0 Å². The third kappa shape index (κ3) is 3.38. The van der Waals surface area contributed by atoms with E-state index in [4.69, 9.17) is 25.8 Å². The molecule has 0 radical (unpaired) electrons. The van der Waals surface area contributed by atoms with Crippen LogP contribution in [-0.4, -0.2) is 56.2 Å². The van der Waals surface area contributed by atoms with Gasteiger partial charge in [-0.2, -0.15) is 4.72 Å². The molecule has 114 valence electrons. The van der Waals surface area contributed by atoms with Gasteiger partial charge in [0.05, 0.1) is 37.5 Å². The molecule has 0 bridgehead atoms. The highest BCUT2D eigenvalue weighted by atomic mass is 32.2. The summed E-state index contributed by atoms with van der Waals surface area (Å²) in [5.41, 5.74) is 4.01. The highest BCUT2D eigenvalue weighted by Crippen LogP contribution is 2.24. The van der Waals surface area contributed by atoms with Crippen molar-refractivity contribution in [3.8, 4) is 5.75 Å². The molecule has 1 aromatic rings. The second-order valence-corrected chi connectivity index (χ2v) is 5.95. The highest BCUT2D eigenvalue weighted by molar-refractivity contribution is 7.89. The third-order valence-electron chi connectivity index (χ3n) is 2.77. The van der Waals surface area contributed by atoms with Crippen LogP contribution in [0.15, 0.2) is 23.1 Å². The van der Waals surface area contributed by atoms with Crippen molar-refractivity contribution in [1.29, 1.82) is 0 Å². The van der Waals surface area contributed by atoms with E-state index in [0.29, 0.717) is 5.75 Å². The quantitative estimate of drug-likeness (QED) is 0.377. The lowest BCUT2D eigenvalue weighted by molar-refractivity contribution is 0.0582. The molecule has 9 heteroatoms. The number of hydrogen-bond acceptors (Lipinski definition) is 7. The average molecular weight is 306 g/mol. The molecule has 0 saturated carbocycles. The Balaban J connectivity index is 3.14. The number of nitrogen functional groups attached to an aromatic ring is 1. The van der Waals surface area contributed by atoms with Gasteiger partial charge in [-0.05, 0) is 18.2 Å². The fraction of sp³-hybridized carbons (Fsp3) is 0.455. The maximum absolute atomic E-state index is 12.1. The molecule has 0 aliphatic heterocycles. The van der Waals surface area contributed by atoms with Crippen LogP contribution in [0.2, 0.25) is 0 Å². The van der Waals surface area contributed by atoms with Crippen LogP contribution in [0.1, 0.15) is 0 Å². The Labute approximate surface area is 116 Å². The normalized spacial score (nSPS) is 12.4. The summed E-state index contributed by atoms with van der Waals surface area (Å²) in [6, 6.07) is 3.81. The second-order valence-electron chi connectivity index (χ2n) is 4.26. The van der Waals surface area contributed by atoms with Crippen LogP contribution in [-0.2, 0) is 10.0 Å². The highest BCUT2D eigenvalue weighted by Gasteiger charge is 2.34. The average Bonchev–Trinajstić information content (AvgIpc) is 2.44. The summed E-state index contributed by atoms with van der Waals surface area (Å²) in [4.78, 5) is -0.171. The Bertz CT molecular complexity index is 548. The van der Waals surface area contributed by atoms with Gasteiger partial charge in [0.2, 0.25) is 10.0 Å². The lowest BCUT2D eigenvalue weighted by atomic mass is 10.1. The van der Waals surface area contributed by atoms with Gasteiger partial charge in [-0.25, -0.2) is 8.42 Å². The predicted molar refractivity (Wildman–Crippen MR) is 71.7 cm³/mol. The van der Waals surface area contributed by atoms with Crippen molar-refractivity contribution in [3.05, 3.63) is 18.2 Å². The summed E-state index contributed by atoms with van der Waals surface area (Å²) < 4.78 is 31.3. The van der Waals surface area contributed by atoms with Crippen molar-refractivity contribution >= 4 is 15.7 Å². The summed E-state index contributed by atoms with van der Waals surface area (Å²) in [6.07, 6.45) is 0. The van der Waals surface area contributed by atoms with E-state index < -0.39 is 35.4 Å². The molecule has 0 amide bonds. The SMILES string of the molecule is COc1ccc(S(=O)(=O)NC(CO)(CO)CO)cc1N. The van der Waals surface area contributed by atoms with E-state index in [2.05, 4.69) is 4.72 Å². The van der Waals surface area contributed by atoms with Gasteiger partial charge in [0.1, 0.15) is 11.3 Å². The molecule has 0 unspecified atom stereocenters. The van der Waals surface area contributed by atoms with Crippen LogP contribution in [0.4, 0.5) is 5.69 Å². The summed E-state index contributed by atoms with van der Waals surface area (Å²) in [5.74, 6) is 0.321. The molecule has 1 aromatic carbocycles. The largest absolute Gasteiger partial charge is 0.495 e. The number of methoxy groups -OCH3 is 1. The van der Waals surface area contributed by atoms with Crippen molar-refractivity contribution in [2.75, 3.05) is 32.7 Å². The van der Waals surface area contributed by atoms with Gasteiger partial charge in [0.15, 0.2) is 0 Å². The van der Waals surface area contributed by atoms with E-state index in [-0.39, 0.29) is 10.6 Å². The Morgan fingerprint density at radius 3 is 2.20 bits per heavy atom. The standard InChI is InChI=1S/C11H18N2O6S/c1-19-10-3-2-8(4-9(10)12)20(17,18)13-11(5-14,6-15)7-16/h2-4,13-16H,5-7,12H2,1H3. The summed E-state index contributed by atoms with van der Waals surface area (Å²) in [7, 11) is -2.67. The maximum Gasteiger partial charge on any atom is 0.241 e. The smallest absolute Gasteiger partial charge is 0.241 e. The van der Waals surface area contributed by atoms with E-state index in [9.17, 15) is 8.42 Å². The van der Waals surface area contributed by atoms with Crippen LogP contribution >= 0.6 is 0 Å². The van der Waals surface area contributed by atoms with Gasteiger partial charge in [-0.3, -0.25) is 0 Å². The molecule has 20 heavy (non-hydrogen) atoms. The molecule has 0 aromatic heterocycles. The number of rotatable bonds is 7. The number of nitrogens with two attached hydrogens (primary N) is 1. The number of nitrogens with one attached hydrogen (secondary N) is 1. The Morgan fingerprint density at radius 2 is 1.80 bits per heavy atom. The van der Waals surface area contributed by atoms with Gasteiger partial charge >= 0.3 is 0 Å². The summed E-state index contributed by atoms with van der Waals surface area (Å²) >= 11 is 0. The van der Waals surface area contributed by atoms with Crippen LogP contribution in [0, 0.1) is 0 Å². The van der Waals surface area contributed by atoms with Crippen molar-refractivity contribution in [2.24, 2.45) is 0 Å². The molecule has 0 aliphatic rings. The van der Waals surface area contributed by atoms with Gasteiger partial charge in [0.25, 0.3) is 0 Å². The minimum Gasteiger partial charge on any atom is -0.495 e. The molecule has 0 atom stereocenters. The molecule has 0 saturated heterocycles. The maximum atomic E-state index is 12.1. The molecule has 0 fully saturated rings. The zero-order valence-electron chi connectivity index (χ0n) is 10.9. The second kappa shape index (κ2) is 6.37. The van der Waals surface area contributed by atoms with Crippen molar-refractivity contribution < 1.29 is 28.5 Å². The fourth-order valence-corrected chi connectivity index (χ4v) is 2.88. The molecular formula is C11H18N2O6S. The third-order valence-corrected chi connectivity index (χ3v) is 4.35. The molecular weight excluding hydrogens is 288 g/mol. The zero-order chi connectivity index (χ0) is 15.4. The van der Waals surface area contributed by atoms with Crippen molar-refractivity contribution in [3.63, 3.8) is 0 Å². The Hall–Kier alpha value is -1.39. The molecule has 8 nitrogen and oxygen atoms in total. The monoisotopic (exact) mass is 306 g/mol. The first-order valence-electron chi connectivity index (χ1n) is 5.64. The summed E-state index contributed by atoms with van der Waals surface area (Å²) in [6.45, 7) is -2.28. The van der Waals surface area contributed by atoms with E-state index in [1.807, 2.05) is 0 Å². The van der Waals surface area contributed by atoms with Gasteiger partial charge in [0, 0.05) is 0 Å². The van der Waals surface area contributed by atoms with Crippen LogP contribution in [0.3, 0.4) is 0 Å². The molecule has 0 spiro atoms. The van der Waals surface area contributed by atoms with Crippen LogP contribution in [0.5, 0.6) is 5.75 Å². The van der Waals surface area contributed by atoms with E-state index >= 15 is 0 Å². The predicted octanol–water partition coefficient (Wildman–Crippen LogP) is -1.73. The van der Waals surface area contributed by atoms with E-state index in [0.717, 1.165) is 0 Å². The number of benzene rings is 1. The van der Waals surface area contributed by atoms with Crippen molar-refractivity contribution in [1.82, 2.24) is 4.72 Å². The van der Waals surface area contributed by atoms with E-state index in [1.54, 1.807) is 0 Å². The Morgan fingerprint density at radius 1 is 1.25 bits per heavy atom. The van der Waals surface area contributed by atoms with Crippen LogP contribution < -0.4 is 15.2 Å². The molecule has 0 aliphatic carbocycles. The molecule has 0 heterocycles. The lowest BCUT2D eigenvalue weighted by Crippen LogP contribution is -2.56. The van der Waals surface area contributed by atoms with Crippen LogP contribution in [0.25, 0.3) is 0 Å². The van der Waals surface area contributed by atoms with Gasteiger partial charge in [-0.15, -0.1) is 0 Å². The minimum absolute atomic E-state index is 0.123. The van der Waals surface area contributed by atoms with E-state index in [1.165, 1.54) is 25.3 Å². The van der Waals surface area contributed by atoms with Gasteiger partial charge < -0.3 is 25.8 Å². The summed E-state index contributed by atoms with van der Waals surface area (Å²) in [5, 5.41) is 27.4. The zero-order valence-corrected chi connectivity index (χ0v) is 11.7.